The zero-order chi connectivity index (χ0) is 13.7. The van der Waals surface area contributed by atoms with Crippen LogP contribution >= 0.6 is 0 Å². The van der Waals surface area contributed by atoms with Crippen LogP contribution in [0.3, 0.4) is 0 Å². The highest BCUT2D eigenvalue weighted by atomic mass is 19.1. The Morgan fingerprint density at radius 3 is 3.05 bits per heavy atom. The summed E-state index contributed by atoms with van der Waals surface area (Å²) >= 11 is 0. The Bertz CT molecular complexity index is 442. The summed E-state index contributed by atoms with van der Waals surface area (Å²) in [5.41, 5.74) is 0. The second-order valence-electron chi connectivity index (χ2n) is 4.37. The molecular weight excluding hydrogens is 251 g/mol. The summed E-state index contributed by atoms with van der Waals surface area (Å²) in [7, 11) is 0. The first-order valence-corrected chi connectivity index (χ1v) is 6.23. The molecule has 1 saturated heterocycles. The third-order valence-electron chi connectivity index (χ3n) is 3.11. The van der Waals surface area contributed by atoms with Gasteiger partial charge < -0.3 is 15.2 Å². The molecule has 1 aliphatic rings. The molecule has 1 atom stereocenters. The van der Waals surface area contributed by atoms with Gasteiger partial charge in [0, 0.05) is 26.2 Å². The van der Waals surface area contributed by atoms with Crippen molar-refractivity contribution < 1.29 is 19.0 Å². The van der Waals surface area contributed by atoms with Gasteiger partial charge in [-0.05, 0) is 12.1 Å². The van der Waals surface area contributed by atoms with E-state index in [1.54, 1.807) is 18.2 Å². The van der Waals surface area contributed by atoms with Gasteiger partial charge >= 0.3 is 5.97 Å². The quantitative estimate of drug-likeness (QED) is 0.817. The molecule has 6 heteroatoms. The Morgan fingerprint density at radius 1 is 1.53 bits per heavy atom. The maximum Gasteiger partial charge on any atom is 0.322 e. The van der Waals surface area contributed by atoms with E-state index in [4.69, 9.17) is 9.84 Å². The number of rotatable bonds is 5. The van der Waals surface area contributed by atoms with Crippen molar-refractivity contribution in [2.24, 2.45) is 0 Å². The molecule has 2 rings (SSSR count). The number of carboxylic acid groups (broad SMARTS) is 1. The lowest BCUT2D eigenvalue weighted by atomic mass is 10.2. The molecular formula is C13H17FN2O3. The van der Waals surface area contributed by atoms with Gasteiger partial charge in [-0.2, -0.15) is 0 Å². The monoisotopic (exact) mass is 268 g/mol. The first-order valence-electron chi connectivity index (χ1n) is 6.23. The van der Waals surface area contributed by atoms with Gasteiger partial charge in [0.2, 0.25) is 0 Å². The van der Waals surface area contributed by atoms with Gasteiger partial charge in [0.05, 0.1) is 0 Å². The van der Waals surface area contributed by atoms with Crippen molar-refractivity contribution in [1.29, 1.82) is 0 Å². The summed E-state index contributed by atoms with van der Waals surface area (Å²) in [6.07, 6.45) is 0. The Hall–Kier alpha value is -1.66. The molecule has 2 N–H and O–H groups in total. The Morgan fingerprint density at radius 2 is 2.32 bits per heavy atom. The molecule has 1 heterocycles. The average Bonchev–Trinajstić information content (AvgIpc) is 2.41. The fourth-order valence-corrected chi connectivity index (χ4v) is 2.09. The zero-order valence-electron chi connectivity index (χ0n) is 10.5. The van der Waals surface area contributed by atoms with Crippen LogP contribution in [0.2, 0.25) is 0 Å². The lowest BCUT2D eigenvalue weighted by Gasteiger charge is -2.33. The van der Waals surface area contributed by atoms with Crippen LogP contribution in [0, 0.1) is 5.82 Å². The van der Waals surface area contributed by atoms with E-state index in [2.05, 4.69) is 5.32 Å². The van der Waals surface area contributed by atoms with Crippen molar-refractivity contribution in [3.05, 3.63) is 30.1 Å². The molecule has 1 aromatic carbocycles. The van der Waals surface area contributed by atoms with Gasteiger partial charge in [-0.1, -0.05) is 12.1 Å². The highest BCUT2D eigenvalue weighted by molar-refractivity contribution is 5.73. The second-order valence-corrected chi connectivity index (χ2v) is 4.37. The Balaban J connectivity index is 1.84. The maximum atomic E-state index is 13.3. The van der Waals surface area contributed by atoms with Gasteiger partial charge in [0.1, 0.15) is 12.6 Å². The number of piperazine rings is 1. The van der Waals surface area contributed by atoms with E-state index in [0.29, 0.717) is 19.6 Å². The van der Waals surface area contributed by atoms with E-state index in [-0.39, 0.29) is 12.4 Å². The van der Waals surface area contributed by atoms with Crippen LogP contribution in [0.5, 0.6) is 5.75 Å². The van der Waals surface area contributed by atoms with E-state index in [0.717, 1.165) is 6.54 Å². The average molecular weight is 268 g/mol. The smallest absolute Gasteiger partial charge is 0.322 e. The molecule has 0 spiro atoms. The molecule has 0 aromatic heterocycles. The summed E-state index contributed by atoms with van der Waals surface area (Å²) in [4.78, 5) is 12.9. The number of halogens is 1. The molecule has 0 bridgehead atoms. The minimum Gasteiger partial charge on any atom is -0.489 e. The topological polar surface area (TPSA) is 61.8 Å². The summed E-state index contributed by atoms with van der Waals surface area (Å²) in [6, 6.07) is 5.64. The van der Waals surface area contributed by atoms with Crippen LogP contribution in [-0.2, 0) is 4.79 Å². The number of hydrogen-bond acceptors (Lipinski definition) is 4. The number of nitrogens with zero attached hydrogens (tertiary/aromatic N) is 1. The number of aliphatic carboxylic acids is 1. The second kappa shape index (κ2) is 6.49. The van der Waals surface area contributed by atoms with Crippen LogP contribution in [-0.4, -0.2) is 54.8 Å². The lowest BCUT2D eigenvalue weighted by Crippen LogP contribution is -2.55. The number of carboxylic acids is 1. The molecule has 1 aromatic rings. The fraction of sp³-hybridized carbons (Fsp3) is 0.462. The zero-order valence-corrected chi connectivity index (χ0v) is 10.5. The third-order valence-corrected chi connectivity index (χ3v) is 3.11. The minimum absolute atomic E-state index is 0.199. The first kappa shape index (κ1) is 13.8. The highest BCUT2D eigenvalue weighted by Gasteiger charge is 2.27. The maximum absolute atomic E-state index is 13.3. The van der Waals surface area contributed by atoms with Crippen molar-refractivity contribution in [2.45, 2.75) is 6.04 Å². The van der Waals surface area contributed by atoms with E-state index in [9.17, 15) is 9.18 Å². The normalized spacial score (nSPS) is 20.2. The Kier molecular flexibility index (Phi) is 4.70. The predicted molar refractivity (Wildman–Crippen MR) is 67.8 cm³/mol. The van der Waals surface area contributed by atoms with Crippen molar-refractivity contribution >= 4 is 5.97 Å². The van der Waals surface area contributed by atoms with Gasteiger partial charge in [-0.3, -0.25) is 9.69 Å². The summed E-state index contributed by atoms with van der Waals surface area (Å²) in [5, 5.41) is 12.1. The largest absolute Gasteiger partial charge is 0.489 e. The van der Waals surface area contributed by atoms with Crippen LogP contribution in [0.15, 0.2) is 24.3 Å². The van der Waals surface area contributed by atoms with Crippen LogP contribution in [0.25, 0.3) is 0 Å². The molecule has 1 aliphatic heterocycles. The van der Waals surface area contributed by atoms with Crippen molar-refractivity contribution in [2.75, 3.05) is 32.8 Å². The van der Waals surface area contributed by atoms with E-state index >= 15 is 0 Å². The van der Waals surface area contributed by atoms with Crippen LogP contribution in [0.1, 0.15) is 0 Å². The number of hydrogen-bond donors (Lipinski definition) is 2. The number of benzene rings is 1. The molecule has 0 saturated carbocycles. The molecule has 1 unspecified atom stereocenters. The highest BCUT2D eigenvalue weighted by Crippen LogP contribution is 2.15. The van der Waals surface area contributed by atoms with E-state index in [1.165, 1.54) is 6.07 Å². The van der Waals surface area contributed by atoms with Crippen molar-refractivity contribution in [3.8, 4) is 5.75 Å². The fourth-order valence-electron chi connectivity index (χ4n) is 2.09. The number of ether oxygens (including phenoxy) is 1. The minimum atomic E-state index is -0.849. The SMILES string of the molecule is O=C(O)C1CNCCN1CCOc1ccccc1F. The summed E-state index contributed by atoms with van der Waals surface area (Å²) in [5.74, 6) is -1.06. The molecule has 5 nitrogen and oxygen atoms in total. The van der Waals surface area contributed by atoms with Crippen molar-refractivity contribution in [3.63, 3.8) is 0 Å². The molecule has 1 fully saturated rings. The van der Waals surface area contributed by atoms with Gasteiger partial charge in [-0.25, -0.2) is 4.39 Å². The molecule has 19 heavy (non-hydrogen) atoms. The van der Waals surface area contributed by atoms with Gasteiger partial charge in [0.25, 0.3) is 0 Å². The van der Waals surface area contributed by atoms with Gasteiger partial charge in [-0.15, -0.1) is 0 Å². The number of nitrogens with one attached hydrogen (secondary N) is 1. The van der Waals surface area contributed by atoms with Crippen molar-refractivity contribution in [1.82, 2.24) is 10.2 Å². The standard InChI is InChI=1S/C13H17FN2O3/c14-10-3-1-2-4-12(10)19-8-7-16-6-5-15-9-11(16)13(17)18/h1-4,11,15H,5-9H2,(H,17,18). The molecule has 0 amide bonds. The number of carbonyl (C=O) groups is 1. The third kappa shape index (κ3) is 3.65. The Labute approximate surface area is 111 Å². The van der Waals surface area contributed by atoms with E-state index in [1.807, 2.05) is 4.90 Å². The summed E-state index contributed by atoms with van der Waals surface area (Å²) < 4.78 is 18.7. The van der Waals surface area contributed by atoms with Crippen LogP contribution < -0.4 is 10.1 Å². The predicted octanol–water partition coefficient (Wildman–Crippen LogP) is 0.563. The first-order chi connectivity index (χ1) is 9.18. The van der Waals surface area contributed by atoms with E-state index < -0.39 is 17.8 Å². The molecule has 0 radical (unpaired) electrons. The summed E-state index contributed by atoms with van der Waals surface area (Å²) in [6.45, 7) is 2.56. The molecule has 104 valence electrons. The lowest BCUT2D eigenvalue weighted by molar-refractivity contribution is -0.144. The van der Waals surface area contributed by atoms with Gasteiger partial charge in [0.15, 0.2) is 11.6 Å². The van der Waals surface area contributed by atoms with Crippen LogP contribution in [0.4, 0.5) is 4.39 Å². The molecule has 0 aliphatic carbocycles. The number of para-hydroxylation sites is 1.